The number of nitrogens with one attached hydrogen (secondary N) is 1. The van der Waals surface area contributed by atoms with Gasteiger partial charge in [0.15, 0.2) is 5.76 Å². The Bertz CT molecular complexity index is 904. The maximum atomic E-state index is 12.8. The lowest BCUT2D eigenvalue weighted by molar-refractivity contribution is -0.118. The molecule has 0 spiro atoms. The van der Waals surface area contributed by atoms with Crippen molar-refractivity contribution in [3.63, 3.8) is 0 Å². The second-order valence-electron chi connectivity index (χ2n) is 7.94. The first kappa shape index (κ1) is 22.5. The van der Waals surface area contributed by atoms with Gasteiger partial charge in [0.05, 0.1) is 13.1 Å². The molecule has 8 nitrogen and oxygen atoms in total. The molecule has 8 heteroatoms. The van der Waals surface area contributed by atoms with Crippen molar-refractivity contribution in [3.05, 3.63) is 48.2 Å². The molecule has 3 N–H and O–H groups in total. The number of oxazole rings is 1. The van der Waals surface area contributed by atoms with E-state index in [4.69, 9.17) is 10.2 Å². The summed E-state index contributed by atoms with van der Waals surface area (Å²) in [6.45, 7) is -0.189. The van der Waals surface area contributed by atoms with Crippen LogP contribution in [0.4, 0.5) is 4.79 Å². The molecule has 1 radical (unpaired) electrons. The molecular weight excluding hydrogens is 396 g/mol. The van der Waals surface area contributed by atoms with E-state index in [0.717, 1.165) is 19.3 Å². The molecule has 0 atom stereocenters. The van der Waals surface area contributed by atoms with E-state index < -0.39 is 11.8 Å². The van der Waals surface area contributed by atoms with Crippen molar-refractivity contribution in [2.45, 2.75) is 45.1 Å². The van der Waals surface area contributed by atoms with Gasteiger partial charge in [0.2, 0.25) is 17.6 Å². The van der Waals surface area contributed by atoms with Crippen LogP contribution in [-0.4, -0.2) is 41.2 Å². The summed E-state index contributed by atoms with van der Waals surface area (Å²) in [7, 11) is 1.51. The van der Waals surface area contributed by atoms with Crippen molar-refractivity contribution in [2.24, 2.45) is 11.7 Å². The number of primary amides is 1. The van der Waals surface area contributed by atoms with Gasteiger partial charge in [0, 0.05) is 19.0 Å². The Morgan fingerprint density at radius 3 is 2.58 bits per heavy atom. The molecule has 31 heavy (non-hydrogen) atoms. The molecule has 1 aromatic heterocycles. The monoisotopic (exact) mass is 425 g/mol. The van der Waals surface area contributed by atoms with Crippen LogP contribution < -0.4 is 11.1 Å². The molecule has 165 valence electrons. The van der Waals surface area contributed by atoms with E-state index in [1.54, 1.807) is 6.42 Å². The summed E-state index contributed by atoms with van der Waals surface area (Å²) in [6, 6.07) is 8.50. The number of ketones is 1. The molecule has 1 aliphatic carbocycles. The third-order valence-electron chi connectivity index (χ3n) is 5.52. The molecule has 3 rings (SSSR count). The minimum atomic E-state index is -0.645. The number of hydrogen-bond donors (Lipinski definition) is 2. The minimum Gasteiger partial charge on any atom is -0.433 e. The summed E-state index contributed by atoms with van der Waals surface area (Å²) >= 11 is 0. The van der Waals surface area contributed by atoms with E-state index in [-0.39, 0.29) is 30.6 Å². The quantitative estimate of drug-likeness (QED) is 0.598. The topological polar surface area (TPSA) is 119 Å². The summed E-state index contributed by atoms with van der Waals surface area (Å²) in [5.41, 5.74) is 6.30. The normalized spacial score (nSPS) is 14.2. The standard InChI is InChI=1S/C23H29N4O4/c1-27(23(24)30)15-18-21(31-22(26-18)17-10-6-3-7-11-17)19(28)14-25-20(29)13-12-16-8-4-2-5-9-16/h3,6-7,10-11,13,16H,2,4-5,8-9,12,14-15H2,1H3,(H2,24,30)(H,25,29). The van der Waals surface area contributed by atoms with E-state index in [9.17, 15) is 14.4 Å². The van der Waals surface area contributed by atoms with Crippen molar-refractivity contribution in [2.75, 3.05) is 13.6 Å². The van der Waals surface area contributed by atoms with E-state index in [2.05, 4.69) is 10.3 Å². The van der Waals surface area contributed by atoms with Crippen LogP contribution in [0.5, 0.6) is 0 Å². The lowest BCUT2D eigenvalue weighted by atomic mass is 9.86. The zero-order valence-corrected chi connectivity index (χ0v) is 17.8. The molecule has 3 amide bonds. The fourth-order valence-corrected chi connectivity index (χ4v) is 3.70. The lowest BCUT2D eigenvalue weighted by Crippen LogP contribution is -2.33. The van der Waals surface area contributed by atoms with Crippen molar-refractivity contribution >= 4 is 17.7 Å². The molecule has 1 aliphatic rings. The number of carbonyl (C=O) groups is 3. The van der Waals surface area contributed by atoms with Crippen LogP contribution >= 0.6 is 0 Å². The molecule has 0 bridgehead atoms. The predicted molar refractivity (Wildman–Crippen MR) is 116 cm³/mol. The summed E-state index contributed by atoms with van der Waals surface area (Å²) in [4.78, 5) is 42.0. The fraction of sp³-hybridized carbons (Fsp3) is 0.435. The second-order valence-corrected chi connectivity index (χ2v) is 7.94. The van der Waals surface area contributed by atoms with Crippen LogP contribution in [0.3, 0.4) is 0 Å². The first-order valence-corrected chi connectivity index (χ1v) is 10.6. The largest absolute Gasteiger partial charge is 0.433 e. The van der Waals surface area contributed by atoms with Crippen LogP contribution in [0.25, 0.3) is 11.5 Å². The zero-order chi connectivity index (χ0) is 22.2. The van der Waals surface area contributed by atoms with Gasteiger partial charge in [0.25, 0.3) is 0 Å². The molecule has 0 aliphatic heterocycles. The van der Waals surface area contributed by atoms with Gasteiger partial charge in [-0.15, -0.1) is 0 Å². The van der Waals surface area contributed by atoms with Crippen LogP contribution in [0.15, 0.2) is 34.7 Å². The molecule has 1 aromatic carbocycles. The van der Waals surface area contributed by atoms with E-state index in [0.29, 0.717) is 17.2 Å². The number of hydrogen-bond acceptors (Lipinski definition) is 5. The number of nitrogens with zero attached hydrogens (tertiary/aromatic N) is 2. The lowest BCUT2D eigenvalue weighted by Gasteiger charge is -2.20. The van der Waals surface area contributed by atoms with Crippen molar-refractivity contribution in [1.29, 1.82) is 0 Å². The zero-order valence-electron chi connectivity index (χ0n) is 17.8. The average molecular weight is 426 g/mol. The van der Waals surface area contributed by atoms with Crippen LogP contribution in [0.2, 0.25) is 0 Å². The van der Waals surface area contributed by atoms with Crippen LogP contribution in [0, 0.1) is 12.3 Å². The smallest absolute Gasteiger partial charge is 0.314 e. The van der Waals surface area contributed by atoms with Gasteiger partial charge in [-0.05, 0) is 24.5 Å². The first-order chi connectivity index (χ1) is 14.9. The minimum absolute atomic E-state index is 0.0135. The first-order valence-electron chi connectivity index (χ1n) is 10.6. The van der Waals surface area contributed by atoms with Crippen LogP contribution in [-0.2, 0) is 11.3 Å². The Kier molecular flexibility index (Phi) is 7.81. The Balaban J connectivity index is 1.64. The number of benzene rings is 1. The van der Waals surface area contributed by atoms with Gasteiger partial charge < -0.3 is 20.4 Å². The highest BCUT2D eigenvalue weighted by Crippen LogP contribution is 2.27. The van der Waals surface area contributed by atoms with Gasteiger partial charge in [0.1, 0.15) is 5.69 Å². The van der Waals surface area contributed by atoms with Gasteiger partial charge in [-0.2, -0.15) is 0 Å². The second kappa shape index (κ2) is 10.7. The van der Waals surface area contributed by atoms with Crippen LogP contribution in [0.1, 0.15) is 54.8 Å². The van der Waals surface area contributed by atoms with Gasteiger partial charge in [-0.25, -0.2) is 9.78 Å². The fourth-order valence-electron chi connectivity index (χ4n) is 3.70. The Labute approximate surface area is 182 Å². The number of urea groups is 1. The Morgan fingerprint density at radius 1 is 1.19 bits per heavy atom. The molecule has 1 saturated carbocycles. The molecule has 1 heterocycles. The molecule has 0 unspecified atom stereocenters. The maximum absolute atomic E-state index is 12.8. The highest BCUT2D eigenvalue weighted by molar-refractivity contribution is 5.99. The number of Topliss-reactive ketones (excluding diaryl/α,β-unsaturated/α-hetero) is 1. The Morgan fingerprint density at radius 2 is 1.90 bits per heavy atom. The number of aromatic nitrogens is 1. The van der Waals surface area contributed by atoms with Crippen molar-refractivity contribution in [3.8, 4) is 11.5 Å². The Hall–Kier alpha value is -3.16. The molecule has 2 aromatic rings. The van der Waals surface area contributed by atoms with Gasteiger partial charge in [-0.1, -0.05) is 50.3 Å². The highest BCUT2D eigenvalue weighted by atomic mass is 16.4. The summed E-state index contributed by atoms with van der Waals surface area (Å²) in [5.74, 6) is 0.153. The summed E-state index contributed by atoms with van der Waals surface area (Å²) < 4.78 is 5.73. The summed E-state index contributed by atoms with van der Waals surface area (Å²) in [5, 5.41) is 2.64. The van der Waals surface area contributed by atoms with Crippen molar-refractivity contribution in [1.82, 2.24) is 15.2 Å². The SMILES string of the molecule is CN(Cc1nc(-c2ccccc2)oc1C(=O)CNC(=O)[CH]CC1CCCCC1)C(N)=O. The third kappa shape index (κ3) is 6.41. The van der Waals surface area contributed by atoms with E-state index >= 15 is 0 Å². The number of carbonyl (C=O) groups excluding carboxylic acids is 3. The number of nitrogens with two attached hydrogens (primary N) is 1. The number of amides is 3. The predicted octanol–water partition coefficient (Wildman–Crippen LogP) is 3.33. The third-order valence-corrected chi connectivity index (χ3v) is 5.52. The molecule has 0 saturated heterocycles. The van der Waals surface area contributed by atoms with E-state index in [1.807, 2.05) is 30.3 Å². The van der Waals surface area contributed by atoms with Gasteiger partial charge >= 0.3 is 6.03 Å². The molecular formula is C23H29N4O4. The van der Waals surface area contributed by atoms with E-state index in [1.165, 1.54) is 31.2 Å². The molecule has 1 fully saturated rings. The summed E-state index contributed by atoms with van der Waals surface area (Å²) in [6.07, 6.45) is 8.37. The highest BCUT2D eigenvalue weighted by Gasteiger charge is 2.23. The average Bonchev–Trinajstić information content (AvgIpc) is 3.21. The van der Waals surface area contributed by atoms with Gasteiger partial charge in [-0.3, -0.25) is 9.59 Å². The maximum Gasteiger partial charge on any atom is 0.314 e. The van der Waals surface area contributed by atoms with Crippen molar-refractivity contribution < 1.29 is 18.8 Å². The number of rotatable bonds is 9.